The highest BCUT2D eigenvalue weighted by molar-refractivity contribution is 8.16. The average molecular weight is 602 g/mol. The van der Waals surface area contributed by atoms with Gasteiger partial charge in [-0.1, -0.05) is 67.2 Å². The van der Waals surface area contributed by atoms with Crippen molar-refractivity contribution in [1.29, 1.82) is 0 Å². The fourth-order valence-electron chi connectivity index (χ4n) is 4.97. The van der Waals surface area contributed by atoms with E-state index in [2.05, 4.69) is 5.32 Å². The maximum Gasteiger partial charge on any atom is 0.338 e. The zero-order chi connectivity index (χ0) is 30.3. The second-order valence-electron chi connectivity index (χ2n) is 9.86. The first-order valence-electron chi connectivity index (χ1n) is 13.8. The molecule has 0 bridgehead atoms. The van der Waals surface area contributed by atoms with Crippen LogP contribution in [0.25, 0.3) is 0 Å². The van der Waals surface area contributed by atoms with Crippen LogP contribution < -0.4 is 14.8 Å². The predicted molar refractivity (Wildman–Crippen MR) is 164 cm³/mol. The summed E-state index contributed by atoms with van der Waals surface area (Å²) in [6.07, 6.45) is 0.566. The van der Waals surface area contributed by atoms with Crippen LogP contribution in [0.5, 0.6) is 11.5 Å². The number of carbonyl (C=O) groups is 2. The summed E-state index contributed by atoms with van der Waals surface area (Å²) in [5.74, 6) is 0.0212. The summed E-state index contributed by atoms with van der Waals surface area (Å²) in [4.78, 5) is 33.0. The number of aliphatic imine (C=N–C) groups is 1. The van der Waals surface area contributed by atoms with Gasteiger partial charge in [0, 0.05) is 12.2 Å². The summed E-state index contributed by atoms with van der Waals surface area (Å²) in [5.41, 5.74) is 4.26. The van der Waals surface area contributed by atoms with Crippen molar-refractivity contribution in [3.63, 3.8) is 0 Å². The Morgan fingerprint density at radius 2 is 1.77 bits per heavy atom. The molecule has 0 fully saturated rings. The largest absolute Gasteiger partial charge is 0.493 e. The van der Waals surface area contributed by atoms with Crippen molar-refractivity contribution in [2.75, 3.05) is 14.2 Å². The van der Waals surface area contributed by atoms with Gasteiger partial charge in [0.05, 0.1) is 38.0 Å². The number of esters is 1. The number of allylic oxidation sites excluding steroid dienone is 1. The number of methoxy groups -OCH3 is 2. The molecule has 3 aromatic rings. The number of halogens is 1. The smallest absolute Gasteiger partial charge is 0.338 e. The number of rotatable bonds is 11. The fraction of sp³-hybridized carbons (Fsp3) is 0.242. The van der Waals surface area contributed by atoms with Crippen molar-refractivity contribution in [3.8, 4) is 11.5 Å². The van der Waals surface area contributed by atoms with Crippen LogP contribution in [0.4, 0.5) is 4.39 Å². The Kier molecular flexibility index (Phi) is 9.46. The number of hydrogen-bond donors (Lipinski definition) is 1. The summed E-state index contributed by atoms with van der Waals surface area (Å²) in [7, 11) is 2.91. The van der Waals surface area contributed by atoms with Gasteiger partial charge in [0.15, 0.2) is 16.7 Å². The highest BCUT2D eigenvalue weighted by Gasteiger charge is 2.41. The molecule has 3 aromatic carbocycles. The number of carbonyl (C=O) groups excluding carboxylic acids is 2. The number of benzene rings is 3. The van der Waals surface area contributed by atoms with Crippen molar-refractivity contribution >= 4 is 28.8 Å². The molecule has 8 nitrogen and oxygen atoms in total. The monoisotopic (exact) mass is 601 g/mol. The lowest BCUT2D eigenvalue weighted by molar-refractivity contribution is -0.136. The van der Waals surface area contributed by atoms with E-state index in [4.69, 9.17) is 19.2 Å². The molecule has 1 amide bonds. The van der Waals surface area contributed by atoms with Gasteiger partial charge in [-0.15, -0.1) is 0 Å². The number of ether oxygens (including phenoxy) is 3. The second kappa shape index (κ2) is 13.6. The quantitative estimate of drug-likeness (QED) is 0.260. The van der Waals surface area contributed by atoms with Crippen LogP contribution in [0.2, 0.25) is 0 Å². The predicted octanol–water partition coefficient (Wildman–Crippen LogP) is 6.26. The third-order valence-corrected chi connectivity index (χ3v) is 8.00. The summed E-state index contributed by atoms with van der Waals surface area (Å²) in [6.45, 7) is 2.57. The molecule has 0 saturated carbocycles. The molecule has 2 heterocycles. The topological polar surface area (TPSA) is 89.5 Å². The Hall–Kier alpha value is -4.57. The molecule has 0 spiro atoms. The van der Waals surface area contributed by atoms with Gasteiger partial charge in [0.25, 0.3) is 0 Å². The van der Waals surface area contributed by atoms with Crippen LogP contribution >= 0.6 is 11.8 Å². The zero-order valence-corrected chi connectivity index (χ0v) is 24.9. The number of nitrogens with zero attached hydrogens (tertiary/aromatic N) is 2. The average Bonchev–Trinajstić information content (AvgIpc) is 3.44. The third kappa shape index (κ3) is 6.75. The van der Waals surface area contributed by atoms with Gasteiger partial charge in [-0.05, 0) is 52.8 Å². The second-order valence-corrected chi connectivity index (χ2v) is 10.7. The van der Waals surface area contributed by atoms with Crippen LogP contribution in [0.1, 0.15) is 42.5 Å². The number of amidine groups is 1. The van der Waals surface area contributed by atoms with Gasteiger partial charge in [0.1, 0.15) is 12.4 Å². The molecule has 0 unspecified atom stereocenters. The SMILES string of the molecule is CCC1=C(C(=O)OC)[C@H](c2ccc(OCc3ccccc3)c(OC)c2)N2C(CC(=O)NCc3ccc(F)cc3)=CSC2=N1. The van der Waals surface area contributed by atoms with Crippen LogP contribution in [0.15, 0.2) is 100 Å². The standard InChI is InChI=1S/C33H32FN3O5S/c1-4-26-30(32(39)41-3)31(23-12-15-27(28(16-23)40-2)42-19-22-8-6-5-7-9-22)37-25(20-43-33(37)36-26)17-29(38)35-18-21-10-13-24(34)14-11-21/h5-16,20,31H,4,17-19H2,1-3H3,(H,35,38)/t31-/m0/s1. The van der Waals surface area contributed by atoms with E-state index in [0.717, 1.165) is 16.7 Å². The summed E-state index contributed by atoms with van der Waals surface area (Å²) >= 11 is 1.40. The molecule has 2 aliphatic heterocycles. The molecule has 5 rings (SSSR count). The van der Waals surface area contributed by atoms with Gasteiger partial charge >= 0.3 is 5.97 Å². The number of thioether (sulfide) groups is 1. The van der Waals surface area contributed by atoms with E-state index in [1.807, 2.05) is 65.8 Å². The molecule has 1 atom stereocenters. The zero-order valence-electron chi connectivity index (χ0n) is 24.1. The molecule has 0 aliphatic carbocycles. The van der Waals surface area contributed by atoms with Crippen molar-refractivity contribution in [2.24, 2.45) is 4.99 Å². The molecule has 222 valence electrons. The molecule has 0 radical (unpaired) electrons. The molecule has 2 aliphatic rings. The first-order valence-corrected chi connectivity index (χ1v) is 14.7. The van der Waals surface area contributed by atoms with Gasteiger partial charge in [-0.2, -0.15) is 0 Å². The lowest BCUT2D eigenvalue weighted by Crippen LogP contribution is -2.38. The molecule has 43 heavy (non-hydrogen) atoms. The summed E-state index contributed by atoms with van der Waals surface area (Å²) in [6, 6.07) is 20.8. The number of fused-ring (bicyclic) bond motifs is 1. The van der Waals surface area contributed by atoms with Gasteiger partial charge in [-0.3, -0.25) is 4.79 Å². The Bertz CT molecular complexity index is 1590. The highest BCUT2D eigenvalue weighted by atomic mass is 32.2. The first-order chi connectivity index (χ1) is 20.9. The highest BCUT2D eigenvalue weighted by Crippen LogP contribution is 2.46. The maximum atomic E-state index is 13.3. The van der Waals surface area contributed by atoms with Crippen molar-refractivity contribution < 1.29 is 28.2 Å². The fourth-order valence-corrected chi connectivity index (χ4v) is 5.90. The minimum absolute atomic E-state index is 0.0506. The normalized spacial score (nSPS) is 15.8. The van der Waals surface area contributed by atoms with E-state index in [1.165, 1.54) is 31.0 Å². The van der Waals surface area contributed by atoms with Gasteiger partial charge in [-0.25, -0.2) is 14.2 Å². The molecule has 0 saturated heterocycles. The Morgan fingerprint density at radius 3 is 2.47 bits per heavy atom. The number of amides is 1. The molecule has 10 heteroatoms. The van der Waals surface area contributed by atoms with Crippen LogP contribution in [-0.4, -0.2) is 36.2 Å². The number of hydrogen-bond acceptors (Lipinski definition) is 8. The Morgan fingerprint density at radius 1 is 1.00 bits per heavy atom. The van der Waals surface area contributed by atoms with Crippen LogP contribution in [0.3, 0.4) is 0 Å². The van der Waals surface area contributed by atoms with Gasteiger partial charge < -0.3 is 24.4 Å². The van der Waals surface area contributed by atoms with Crippen LogP contribution in [0, 0.1) is 5.82 Å². The van der Waals surface area contributed by atoms with Crippen molar-refractivity contribution in [3.05, 3.63) is 118 Å². The number of nitrogens with one attached hydrogen (secondary N) is 1. The van der Waals surface area contributed by atoms with Crippen molar-refractivity contribution in [2.45, 2.75) is 39.0 Å². The lowest BCUT2D eigenvalue weighted by atomic mass is 9.92. The molecule has 1 N–H and O–H groups in total. The minimum Gasteiger partial charge on any atom is -0.493 e. The van der Waals surface area contributed by atoms with E-state index < -0.39 is 12.0 Å². The third-order valence-electron chi connectivity index (χ3n) is 7.11. The van der Waals surface area contributed by atoms with E-state index in [9.17, 15) is 14.0 Å². The van der Waals surface area contributed by atoms with E-state index in [0.29, 0.717) is 46.7 Å². The Labute approximate surface area is 254 Å². The summed E-state index contributed by atoms with van der Waals surface area (Å²) < 4.78 is 30.3. The molecule has 0 aromatic heterocycles. The van der Waals surface area contributed by atoms with Gasteiger partial charge in [0.2, 0.25) is 5.91 Å². The Balaban J connectivity index is 1.43. The first kappa shape index (κ1) is 29.9. The lowest BCUT2D eigenvalue weighted by Gasteiger charge is -2.36. The summed E-state index contributed by atoms with van der Waals surface area (Å²) in [5, 5.41) is 5.44. The van der Waals surface area contributed by atoms with E-state index in [-0.39, 0.29) is 24.7 Å². The minimum atomic E-state index is -0.613. The van der Waals surface area contributed by atoms with E-state index in [1.54, 1.807) is 19.2 Å². The van der Waals surface area contributed by atoms with Crippen molar-refractivity contribution in [1.82, 2.24) is 10.2 Å². The van der Waals surface area contributed by atoms with E-state index >= 15 is 0 Å². The molecular weight excluding hydrogens is 569 g/mol. The molecular formula is C33H32FN3O5S. The maximum absolute atomic E-state index is 13.3. The van der Waals surface area contributed by atoms with Crippen LogP contribution in [-0.2, 0) is 27.5 Å².